The summed E-state index contributed by atoms with van der Waals surface area (Å²) in [7, 11) is 6.67. The van der Waals surface area contributed by atoms with Crippen molar-refractivity contribution in [2.45, 2.75) is 33.6 Å². The highest BCUT2D eigenvalue weighted by molar-refractivity contribution is 5.02. The Morgan fingerprint density at radius 1 is 1.00 bits per heavy atom. The maximum atomic E-state index is 2.36. The van der Waals surface area contributed by atoms with Crippen molar-refractivity contribution in [3.8, 4) is 0 Å². The molecule has 0 aliphatic heterocycles. The van der Waals surface area contributed by atoms with E-state index < -0.39 is 0 Å². The van der Waals surface area contributed by atoms with Gasteiger partial charge < -0.3 is 16.9 Å². The maximum absolute atomic E-state index is 2.36. The Morgan fingerprint density at radius 2 is 1.53 bits per heavy atom. The molecule has 0 N–H and O–H groups in total. The molecular formula is C13H26ClN. The zero-order valence-electron chi connectivity index (χ0n) is 11.1. The molecule has 0 spiro atoms. The van der Waals surface area contributed by atoms with Crippen LogP contribution < -0.4 is 12.4 Å². The fourth-order valence-corrected chi connectivity index (χ4v) is 1.12. The van der Waals surface area contributed by atoms with E-state index in [0.29, 0.717) is 0 Å². The van der Waals surface area contributed by atoms with Crippen LogP contribution in [0, 0.1) is 0 Å². The molecule has 0 aromatic carbocycles. The van der Waals surface area contributed by atoms with Crippen molar-refractivity contribution in [3.05, 3.63) is 23.3 Å². The molecule has 15 heavy (non-hydrogen) atoms. The first-order chi connectivity index (χ1) is 6.31. The highest BCUT2D eigenvalue weighted by atomic mass is 35.5. The maximum Gasteiger partial charge on any atom is 0.0970 e. The second-order valence-electron chi connectivity index (χ2n) is 5.34. The van der Waals surface area contributed by atoms with Crippen LogP contribution in [0.3, 0.4) is 0 Å². The van der Waals surface area contributed by atoms with Gasteiger partial charge in [0.2, 0.25) is 0 Å². The Kier molecular flexibility index (Phi) is 9.08. The predicted molar refractivity (Wildman–Crippen MR) is 65.3 cm³/mol. The lowest BCUT2D eigenvalue weighted by atomic mass is 10.1. The van der Waals surface area contributed by atoms with E-state index in [2.05, 4.69) is 54.1 Å². The molecule has 0 aliphatic rings. The number of hydrogen-bond acceptors (Lipinski definition) is 0. The van der Waals surface area contributed by atoms with Gasteiger partial charge in [-0.05, 0) is 39.7 Å². The van der Waals surface area contributed by atoms with Crippen LogP contribution in [0.25, 0.3) is 0 Å². The Labute approximate surface area is 102 Å². The SMILES string of the molecule is CC(C)=CCC/C(C)=C/C[N+](C)(C)C.[Cl-]. The summed E-state index contributed by atoms with van der Waals surface area (Å²) in [4.78, 5) is 0. The molecule has 0 saturated carbocycles. The summed E-state index contributed by atoms with van der Waals surface area (Å²) in [6.45, 7) is 7.67. The molecule has 0 aromatic rings. The lowest BCUT2D eigenvalue weighted by molar-refractivity contribution is -0.864. The van der Waals surface area contributed by atoms with E-state index in [0.717, 1.165) is 11.0 Å². The van der Waals surface area contributed by atoms with Gasteiger partial charge >= 0.3 is 0 Å². The molecule has 0 aliphatic carbocycles. The summed E-state index contributed by atoms with van der Waals surface area (Å²) in [5.74, 6) is 0. The van der Waals surface area contributed by atoms with Crippen molar-refractivity contribution in [3.63, 3.8) is 0 Å². The zero-order chi connectivity index (χ0) is 11.2. The molecule has 0 atom stereocenters. The Morgan fingerprint density at radius 3 is 1.93 bits per heavy atom. The average molecular weight is 232 g/mol. The summed E-state index contributed by atoms with van der Waals surface area (Å²) >= 11 is 0. The molecule has 2 heteroatoms. The van der Waals surface area contributed by atoms with Crippen LogP contribution in [-0.4, -0.2) is 32.2 Å². The van der Waals surface area contributed by atoms with Crippen LogP contribution in [-0.2, 0) is 0 Å². The highest BCUT2D eigenvalue weighted by Crippen LogP contribution is 2.07. The summed E-state index contributed by atoms with van der Waals surface area (Å²) in [6, 6.07) is 0. The second kappa shape index (κ2) is 7.95. The van der Waals surface area contributed by atoms with E-state index in [4.69, 9.17) is 0 Å². The van der Waals surface area contributed by atoms with Crippen molar-refractivity contribution in [2.24, 2.45) is 0 Å². The topological polar surface area (TPSA) is 0 Å². The third-order valence-corrected chi connectivity index (χ3v) is 2.08. The van der Waals surface area contributed by atoms with Gasteiger partial charge in [0.15, 0.2) is 0 Å². The van der Waals surface area contributed by atoms with Crippen molar-refractivity contribution >= 4 is 0 Å². The van der Waals surface area contributed by atoms with E-state index in [1.165, 1.54) is 24.0 Å². The molecule has 0 rings (SSSR count). The minimum absolute atomic E-state index is 0. The second-order valence-corrected chi connectivity index (χ2v) is 5.34. The summed E-state index contributed by atoms with van der Waals surface area (Å²) < 4.78 is 1.01. The molecular weight excluding hydrogens is 206 g/mol. The summed E-state index contributed by atoms with van der Waals surface area (Å²) in [6.07, 6.45) is 7.05. The molecule has 0 aromatic heterocycles. The van der Waals surface area contributed by atoms with Gasteiger partial charge in [-0.25, -0.2) is 0 Å². The van der Waals surface area contributed by atoms with Crippen molar-refractivity contribution in [1.29, 1.82) is 0 Å². The number of halogens is 1. The Balaban J connectivity index is 0. The van der Waals surface area contributed by atoms with Gasteiger partial charge in [0.25, 0.3) is 0 Å². The number of hydrogen-bond donors (Lipinski definition) is 0. The zero-order valence-corrected chi connectivity index (χ0v) is 11.9. The van der Waals surface area contributed by atoms with Crippen LogP contribution in [0.15, 0.2) is 23.3 Å². The van der Waals surface area contributed by atoms with Gasteiger partial charge in [-0.1, -0.05) is 17.2 Å². The van der Waals surface area contributed by atoms with Crippen LogP contribution in [0.5, 0.6) is 0 Å². The third-order valence-electron chi connectivity index (χ3n) is 2.08. The fraction of sp³-hybridized carbons (Fsp3) is 0.692. The van der Waals surface area contributed by atoms with Crippen LogP contribution in [0.2, 0.25) is 0 Å². The van der Waals surface area contributed by atoms with Gasteiger partial charge in [-0.3, -0.25) is 0 Å². The standard InChI is InChI=1S/C13H26N.ClH/c1-12(2)8-7-9-13(3)10-11-14(4,5)6;/h8,10H,7,9,11H2,1-6H3;1H/q+1;/p-1/b13-10+;. The molecule has 0 amide bonds. The number of likely N-dealkylation sites (N-methyl/N-ethyl adjacent to an activating group) is 1. The molecule has 0 radical (unpaired) electrons. The largest absolute Gasteiger partial charge is 1.00 e. The van der Waals surface area contributed by atoms with Crippen molar-refractivity contribution in [2.75, 3.05) is 27.7 Å². The highest BCUT2D eigenvalue weighted by Gasteiger charge is 2.02. The van der Waals surface area contributed by atoms with Gasteiger partial charge in [0.05, 0.1) is 27.7 Å². The lowest BCUT2D eigenvalue weighted by Crippen LogP contribution is -3.00. The van der Waals surface area contributed by atoms with Gasteiger partial charge in [-0.2, -0.15) is 0 Å². The van der Waals surface area contributed by atoms with Crippen LogP contribution in [0.4, 0.5) is 0 Å². The van der Waals surface area contributed by atoms with Crippen molar-refractivity contribution < 1.29 is 16.9 Å². The molecule has 0 bridgehead atoms. The van der Waals surface area contributed by atoms with Gasteiger partial charge in [0, 0.05) is 0 Å². The van der Waals surface area contributed by atoms with Crippen LogP contribution >= 0.6 is 0 Å². The first kappa shape index (κ1) is 17.1. The first-order valence-electron chi connectivity index (χ1n) is 5.41. The van der Waals surface area contributed by atoms with E-state index in [9.17, 15) is 0 Å². The number of quaternary nitrogens is 1. The third kappa shape index (κ3) is 13.7. The molecule has 0 heterocycles. The Hall–Kier alpha value is -0.270. The summed E-state index contributed by atoms with van der Waals surface area (Å²) in [5.41, 5.74) is 2.93. The average Bonchev–Trinajstić information content (AvgIpc) is 1.99. The Bertz CT molecular complexity index is 217. The first-order valence-corrected chi connectivity index (χ1v) is 5.41. The van der Waals surface area contributed by atoms with Crippen LogP contribution in [0.1, 0.15) is 33.6 Å². The van der Waals surface area contributed by atoms with E-state index in [-0.39, 0.29) is 12.4 Å². The smallest absolute Gasteiger partial charge is 0.0970 e. The van der Waals surface area contributed by atoms with Gasteiger partial charge in [0.1, 0.15) is 0 Å². The number of rotatable bonds is 5. The monoisotopic (exact) mass is 231 g/mol. The minimum atomic E-state index is 0. The van der Waals surface area contributed by atoms with E-state index >= 15 is 0 Å². The molecule has 0 saturated heterocycles. The minimum Gasteiger partial charge on any atom is -1.00 e. The van der Waals surface area contributed by atoms with E-state index in [1.54, 1.807) is 0 Å². The van der Waals surface area contributed by atoms with Gasteiger partial charge in [-0.15, -0.1) is 0 Å². The lowest BCUT2D eigenvalue weighted by Gasteiger charge is -2.22. The van der Waals surface area contributed by atoms with E-state index in [1.807, 2.05) is 0 Å². The predicted octanol–water partition coefficient (Wildman–Crippen LogP) is 0.389. The molecule has 1 nitrogen and oxygen atoms in total. The normalized spacial score (nSPS) is 12.0. The molecule has 0 unspecified atom stereocenters. The quantitative estimate of drug-likeness (QED) is 0.475. The fourth-order valence-electron chi connectivity index (χ4n) is 1.12. The van der Waals surface area contributed by atoms with Crippen molar-refractivity contribution in [1.82, 2.24) is 0 Å². The number of allylic oxidation sites excluding steroid dienone is 3. The summed E-state index contributed by atoms with van der Waals surface area (Å²) in [5, 5.41) is 0. The molecule has 0 fully saturated rings. The molecule has 90 valence electrons. The number of nitrogens with zero attached hydrogens (tertiary/aromatic N) is 1.